The smallest absolute Gasteiger partial charge is 0.239 e. The summed E-state index contributed by atoms with van der Waals surface area (Å²) in [5.74, 6) is 1.03. The fourth-order valence-electron chi connectivity index (χ4n) is 2.86. The molecule has 1 atom stereocenters. The molecule has 1 aromatic rings. The second kappa shape index (κ2) is 9.08. The van der Waals surface area contributed by atoms with Gasteiger partial charge in [-0.15, -0.1) is 0 Å². The van der Waals surface area contributed by atoms with E-state index in [4.69, 9.17) is 5.73 Å². The molecular weight excluding hydrogens is 322 g/mol. The van der Waals surface area contributed by atoms with Gasteiger partial charge in [0, 0.05) is 26.2 Å². The number of hydrogen-bond acceptors (Lipinski definition) is 4. The van der Waals surface area contributed by atoms with E-state index in [1.807, 2.05) is 42.3 Å². The van der Waals surface area contributed by atoms with Gasteiger partial charge in [0.2, 0.25) is 11.8 Å². The molecule has 1 saturated heterocycles. The first-order chi connectivity index (χ1) is 11.5. The zero-order chi connectivity index (χ0) is 17.5. The van der Waals surface area contributed by atoms with Crippen LogP contribution >= 0.6 is 11.8 Å². The van der Waals surface area contributed by atoms with E-state index in [9.17, 15) is 9.59 Å². The molecule has 2 amide bonds. The average Bonchev–Trinajstić information content (AvgIpc) is 2.61. The normalized spacial score (nSPS) is 16.1. The Morgan fingerprint density at radius 2 is 1.79 bits per heavy atom. The molecule has 1 aliphatic heterocycles. The molecule has 0 aromatic heterocycles. The number of piperazine rings is 1. The van der Waals surface area contributed by atoms with Crippen LogP contribution in [0.4, 0.5) is 0 Å². The molecule has 132 valence electrons. The zero-order valence-corrected chi connectivity index (χ0v) is 15.3. The van der Waals surface area contributed by atoms with Crippen LogP contribution in [0.5, 0.6) is 0 Å². The van der Waals surface area contributed by atoms with Gasteiger partial charge in [0.1, 0.15) is 0 Å². The van der Waals surface area contributed by atoms with Crippen molar-refractivity contribution < 1.29 is 9.59 Å². The molecular formula is C18H27N3O2S. The van der Waals surface area contributed by atoms with Crippen LogP contribution in [0.15, 0.2) is 24.3 Å². The third kappa shape index (κ3) is 4.98. The van der Waals surface area contributed by atoms with Gasteiger partial charge >= 0.3 is 0 Å². The number of aryl methyl sites for hydroxylation is 1. The number of nitrogens with zero attached hydrogens (tertiary/aromatic N) is 2. The lowest BCUT2D eigenvalue weighted by Gasteiger charge is -2.36. The number of carbonyl (C=O) groups is 2. The Labute approximate surface area is 148 Å². The number of hydrogen-bond donors (Lipinski definition) is 1. The van der Waals surface area contributed by atoms with Crippen molar-refractivity contribution in [2.24, 2.45) is 5.73 Å². The van der Waals surface area contributed by atoms with Crippen molar-refractivity contribution >= 4 is 23.6 Å². The summed E-state index contributed by atoms with van der Waals surface area (Å²) in [5.41, 5.74) is 8.17. The summed E-state index contributed by atoms with van der Waals surface area (Å²) in [6.07, 6.45) is 3.14. The Bertz CT molecular complexity index is 571. The maximum Gasteiger partial charge on any atom is 0.239 e. The van der Waals surface area contributed by atoms with E-state index in [0.29, 0.717) is 39.0 Å². The average molecular weight is 350 g/mol. The maximum atomic E-state index is 12.5. The van der Waals surface area contributed by atoms with Crippen LogP contribution in [0.1, 0.15) is 17.5 Å². The van der Waals surface area contributed by atoms with E-state index in [2.05, 4.69) is 0 Å². The number of amides is 2. The molecule has 0 spiro atoms. The first kappa shape index (κ1) is 18.8. The lowest BCUT2D eigenvalue weighted by atomic mass is 10.1. The van der Waals surface area contributed by atoms with Crippen molar-refractivity contribution in [3.05, 3.63) is 35.4 Å². The molecule has 0 unspecified atom stereocenters. The molecule has 2 N–H and O–H groups in total. The highest BCUT2D eigenvalue weighted by Crippen LogP contribution is 2.12. The van der Waals surface area contributed by atoms with Crippen LogP contribution in [0.25, 0.3) is 0 Å². The van der Waals surface area contributed by atoms with Crippen LogP contribution in [-0.2, 0) is 16.0 Å². The first-order valence-corrected chi connectivity index (χ1v) is 9.78. The molecule has 1 heterocycles. The third-order valence-corrected chi connectivity index (χ3v) is 5.14. The fourth-order valence-corrected chi connectivity index (χ4v) is 3.35. The summed E-state index contributed by atoms with van der Waals surface area (Å²) >= 11 is 1.70. The summed E-state index contributed by atoms with van der Waals surface area (Å²) in [4.78, 5) is 28.4. The van der Waals surface area contributed by atoms with Crippen molar-refractivity contribution in [1.29, 1.82) is 0 Å². The van der Waals surface area contributed by atoms with Crippen LogP contribution in [-0.4, -0.2) is 65.8 Å². The van der Waals surface area contributed by atoms with E-state index in [-0.39, 0.29) is 11.8 Å². The summed E-state index contributed by atoms with van der Waals surface area (Å²) in [7, 11) is 0. The van der Waals surface area contributed by atoms with Crippen LogP contribution in [0.2, 0.25) is 0 Å². The lowest BCUT2D eigenvalue weighted by Crippen LogP contribution is -2.54. The number of nitrogens with two attached hydrogens (primary N) is 1. The number of benzene rings is 1. The minimum atomic E-state index is -0.424. The van der Waals surface area contributed by atoms with Crippen molar-refractivity contribution in [3.63, 3.8) is 0 Å². The molecule has 2 rings (SSSR count). The second-order valence-electron chi connectivity index (χ2n) is 6.20. The number of thioether (sulfide) groups is 1. The molecule has 24 heavy (non-hydrogen) atoms. The van der Waals surface area contributed by atoms with Crippen LogP contribution in [0, 0.1) is 6.92 Å². The van der Waals surface area contributed by atoms with Gasteiger partial charge < -0.3 is 15.5 Å². The van der Waals surface area contributed by atoms with E-state index in [0.717, 1.165) is 16.9 Å². The Balaban J connectivity index is 1.83. The van der Waals surface area contributed by atoms with Gasteiger partial charge in [-0.25, -0.2) is 0 Å². The van der Waals surface area contributed by atoms with Crippen LogP contribution in [0.3, 0.4) is 0 Å². The molecule has 0 bridgehead atoms. The highest BCUT2D eigenvalue weighted by Gasteiger charge is 2.27. The molecule has 1 aromatic carbocycles. The van der Waals surface area contributed by atoms with Gasteiger partial charge in [0.15, 0.2) is 0 Å². The third-order valence-electron chi connectivity index (χ3n) is 4.50. The largest absolute Gasteiger partial charge is 0.339 e. The van der Waals surface area contributed by atoms with Crippen molar-refractivity contribution in [2.45, 2.75) is 25.8 Å². The topological polar surface area (TPSA) is 66.6 Å². The lowest BCUT2D eigenvalue weighted by molar-refractivity contribution is -0.140. The Morgan fingerprint density at radius 3 is 2.42 bits per heavy atom. The molecule has 0 saturated carbocycles. The quantitative estimate of drug-likeness (QED) is 0.840. The summed E-state index contributed by atoms with van der Waals surface area (Å²) in [5, 5.41) is 0. The standard InChI is InChI=1S/C18H27N3O2S/c1-14-5-3-4-6-15(14)13-17(22)20-8-10-21(11-9-20)18(23)16(19)7-12-24-2/h3-6,16H,7-13,19H2,1-2H3/t16-/m0/s1. The molecule has 6 heteroatoms. The predicted molar refractivity (Wildman–Crippen MR) is 99.0 cm³/mol. The van der Waals surface area contributed by atoms with Gasteiger partial charge in [-0.1, -0.05) is 24.3 Å². The van der Waals surface area contributed by atoms with E-state index in [1.165, 1.54) is 0 Å². The molecule has 1 aliphatic rings. The van der Waals surface area contributed by atoms with Crippen molar-refractivity contribution in [1.82, 2.24) is 9.80 Å². The van der Waals surface area contributed by atoms with E-state index in [1.54, 1.807) is 16.7 Å². The minimum absolute atomic E-state index is 0.00931. The summed E-state index contributed by atoms with van der Waals surface area (Å²) in [6, 6.07) is 7.54. The van der Waals surface area contributed by atoms with Gasteiger partial charge in [-0.2, -0.15) is 11.8 Å². The Kier molecular flexibility index (Phi) is 7.12. The highest BCUT2D eigenvalue weighted by atomic mass is 32.2. The monoisotopic (exact) mass is 349 g/mol. The van der Waals surface area contributed by atoms with Gasteiger partial charge in [0.05, 0.1) is 12.5 Å². The second-order valence-corrected chi connectivity index (χ2v) is 7.18. The van der Waals surface area contributed by atoms with Crippen LogP contribution < -0.4 is 5.73 Å². The summed E-state index contributed by atoms with van der Waals surface area (Å²) < 4.78 is 0. The number of carbonyl (C=O) groups excluding carboxylic acids is 2. The Morgan fingerprint density at radius 1 is 1.17 bits per heavy atom. The zero-order valence-electron chi connectivity index (χ0n) is 14.5. The summed E-state index contributed by atoms with van der Waals surface area (Å²) in [6.45, 7) is 4.35. The predicted octanol–water partition coefficient (Wildman–Crippen LogP) is 1.29. The SMILES string of the molecule is CSCC[C@H](N)C(=O)N1CCN(C(=O)Cc2ccccc2C)CC1. The van der Waals surface area contributed by atoms with Gasteiger partial charge in [-0.05, 0) is 36.5 Å². The maximum absolute atomic E-state index is 12.5. The van der Waals surface area contributed by atoms with Crippen molar-refractivity contribution in [3.8, 4) is 0 Å². The molecule has 1 fully saturated rings. The fraction of sp³-hybridized carbons (Fsp3) is 0.556. The first-order valence-electron chi connectivity index (χ1n) is 8.38. The molecule has 0 radical (unpaired) electrons. The molecule has 0 aliphatic carbocycles. The van der Waals surface area contributed by atoms with E-state index < -0.39 is 6.04 Å². The molecule has 5 nitrogen and oxygen atoms in total. The van der Waals surface area contributed by atoms with Gasteiger partial charge in [-0.3, -0.25) is 9.59 Å². The van der Waals surface area contributed by atoms with Gasteiger partial charge in [0.25, 0.3) is 0 Å². The van der Waals surface area contributed by atoms with Crippen molar-refractivity contribution in [2.75, 3.05) is 38.2 Å². The van der Waals surface area contributed by atoms with E-state index >= 15 is 0 Å². The Hall–Kier alpha value is -1.53. The number of rotatable bonds is 6. The highest BCUT2D eigenvalue weighted by molar-refractivity contribution is 7.98. The minimum Gasteiger partial charge on any atom is -0.339 e.